The third kappa shape index (κ3) is 3.72. The predicted octanol–water partition coefficient (Wildman–Crippen LogP) is 6.97. The summed E-state index contributed by atoms with van der Waals surface area (Å²) >= 11 is 0. The minimum Gasteiger partial charge on any atom is -0.257 e. The number of aromatic nitrogens is 1. The van der Waals surface area contributed by atoms with E-state index in [0.29, 0.717) is 5.92 Å². The lowest BCUT2D eigenvalue weighted by atomic mass is 9.81. The van der Waals surface area contributed by atoms with E-state index in [1.807, 2.05) is 6.20 Å². The van der Waals surface area contributed by atoms with E-state index in [2.05, 4.69) is 95.3 Å². The van der Waals surface area contributed by atoms with Gasteiger partial charge in [-0.15, -0.1) is 0 Å². The second-order valence-electron chi connectivity index (χ2n) is 8.10. The molecule has 0 spiro atoms. The average molecular weight is 344 g/mol. The molecular formula is C25H29N. The molecule has 0 saturated carbocycles. The van der Waals surface area contributed by atoms with Crippen molar-refractivity contribution in [1.82, 2.24) is 4.98 Å². The van der Waals surface area contributed by atoms with Gasteiger partial charge >= 0.3 is 0 Å². The van der Waals surface area contributed by atoms with Gasteiger partial charge in [0.05, 0.1) is 5.69 Å². The summed E-state index contributed by atoms with van der Waals surface area (Å²) in [6.45, 7) is 11.2. The van der Waals surface area contributed by atoms with Crippen molar-refractivity contribution in [3.8, 4) is 11.1 Å². The number of allylic oxidation sites excluding steroid dienone is 6. The zero-order valence-corrected chi connectivity index (χ0v) is 16.6. The van der Waals surface area contributed by atoms with Gasteiger partial charge in [-0.3, -0.25) is 4.98 Å². The Morgan fingerprint density at radius 2 is 1.92 bits per heavy atom. The van der Waals surface area contributed by atoms with Crippen molar-refractivity contribution in [3.63, 3.8) is 0 Å². The molecule has 1 nitrogen and oxygen atoms in total. The van der Waals surface area contributed by atoms with E-state index in [4.69, 9.17) is 4.98 Å². The minimum absolute atomic E-state index is 0.108. The van der Waals surface area contributed by atoms with E-state index in [-0.39, 0.29) is 5.41 Å². The Balaban J connectivity index is 2.08. The van der Waals surface area contributed by atoms with Crippen LogP contribution in [0.4, 0.5) is 0 Å². The highest BCUT2D eigenvalue weighted by molar-refractivity contribution is 5.76. The van der Waals surface area contributed by atoms with Crippen molar-refractivity contribution in [2.45, 2.75) is 46.5 Å². The second-order valence-corrected chi connectivity index (χ2v) is 8.10. The van der Waals surface area contributed by atoms with Crippen molar-refractivity contribution >= 4 is 5.57 Å². The largest absolute Gasteiger partial charge is 0.257 e. The zero-order chi connectivity index (χ0) is 18.7. The third-order valence-electron chi connectivity index (χ3n) is 5.27. The quantitative estimate of drug-likeness (QED) is 0.548. The van der Waals surface area contributed by atoms with E-state index in [1.165, 1.54) is 27.8 Å². The molecule has 1 atom stereocenters. The average Bonchev–Trinajstić information content (AvgIpc) is 2.67. The van der Waals surface area contributed by atoms with E-state index in [0.717, 1.165) is 12.1 Å². The summed E-state index contributed by atoms with van der Waals surface area (Å²) in [5.74, 6) is 0.422. The fourth-order valence-corrected chi connectivity index (χ4v) is 3.67. The number of benzene rings is 1. The SMILES string of the molecule is CC=C(C)C1CC=CC=C1c1cc(-c2ccccc2C(C)(C)C)ccn1. The molecular weight excluding hydrogens is 314 g/mol. The Labute approximate surface area is 158 Å². The highest BCUT2D eigenvalue weighted by atomic mass is 14.7. The van der Waals surface area contributed by atoms with Gasteiger partial charge < -0.3 is 0 Å². The van der Waals surface area contributed by atoms with Crippen LogP contribution in [0.3, 0.4) is 0 Å². The molecule has 0 amide bonds. The lowest BCUT2D eigenvalue weighted by Gasteiger charge is -2.24. The van der Waals surface area contributed by atoms with Gasteiger partial charge in [-0.1, -0.05) is 74.9 Å². The van der Waals surface area contributed by atoms with Gasteiger partial charge in [-0.2, -0.15) is 0 Å². The number of hydrogen-bond donors (Lipinski definition) is 0. The summed E-state index contributed by atoms with van der Waals surface area (Å²) in [4.78, 5) is 4.72. The van der Waals surface area contributed by atoms with Gasteiger partial charge in [-0.25, -0.2) is 0 Å². The molecule has 134 valence electrons. The van der Waals surface area contributed by atoms with Gasteiger partial charge in [0, 0.05) is 12.1 Å². The van der Waals surface area contributed by atoms with Crippen LogP contribution >= 0.6 is 0 Å². The maximum atomic E-state index is 4.72. The lowest BCUT2D eigenvalue weighted by Crippen LogP contribution is -2.12. The van der Waals surface area contributed by atoms with Crippen LogP contribution in [0.2, 0.25) is 0 Å². The molecule has 1 aliphatic carbocycles. The Bertz CT molecular complexity index is 875. The van der Waals surface area contributed by atoms with Crippen molar-refractivity contribution in [1.29, 1.82) is 0 Å². The van der Waals surface area contributed by atoms with E-state index >= 15 is 0 Å². The highest BCUT2D eigenvalue weighted by Crippen LogP contribution is 2.37. The molecule has 0 saturated heterocycles. The predicted molar refractivity (Wildman–Crippen MR) is 113 cm³/mol. The number of hydrogen-bond acceptors (Lipinski definition) is 1. The summed E-state index contributed by atoms with van der Waals surface area (Å²) in [5, 5.41) is 0. The Hall–Kier alpha value is -2.41. The van der Waals surface area contributed by atoms with Gasteiger partial charge in [0.25, 0.3) is 0 Å². The summed E-state index contributed by atoms with van der Waals surface area (Å²) in [6, 6.07) is 13.1. The third-order valence-corrected chi connectivity index (χ3v) is 5.27. The van der Waals surface area contributed by atoms with Crippen LogP contribution < -0.4 is 0 Å². The molecule has 0 fully saturated rings. The van der Waals surface area contributed by atoms with Crippen LogP contribution in [0.25, 0.3) is 16.7 Å². The van der Waals surface area contributed by atoms with Crippen molar-refractivity contribution in [2.24, 2.45) is 5.92 Å². The Morgan fingerprint density at radius 3 is 2.65 bits per heavy atom. The Morgan fingerprint density at radius 1 is 1.15 bits per heavy atom. The van der Waals surface area contributed by atoms with Gasteiger partial charge in [0.2, 0.25) is 0 Å². The molecule has 0 N–H and O–H groups in total. The van der Waals surface area contributed by atoms with Crippen molar-refractivity contribution in [3.05, 3.63) is 83.7 Å². The molecule has 0 radical (unpaired) electrons. The van der Waals surface area contributed by atoms with E-state index in [9.17, 15) is 0 Å². The van der Waals surface area contributed by atoms with Gasteiger partial charge in [0.1, 0.15) is 0 Å². The highest BCUT2D eigenvalue weighted by Gasteiger charge is 2.21. The molecule has 2 aromatic rings. The summed E-state index contributed by atoms with van der Waals surface area (Å²) < 4.78 is 0. The summed E-state index contributed by atoms with van der Waals surface area (Å²) in [6.07, 6.45) is 11.9. The van der Waals surface area contributed by atoms with Crippen LogP contribution in [0.1, 0.15) is 52.3 Å². The molecule has 0 aliphatic heterocycles. The van der Waals surface area contributed by atoms with E-state index < -0.39 is 0 Å². The van der Waals surface area contributed by atoms with Crippen LogP contribution in [-0.4, -0.2) is 4.98 Å². The molecule has 1 heterocycles. The first kappa shape index (κ1) is 18.4. The number of pyridine rings is 1. The maximum Gasteiger partial charge on any atom is 0.0673 e. The van der Waals surface area contributed by atoms with Crippen LogP contribution in [0.5, 0.6) is 0 Å². The monoisotopic (exact) mass is 343 g/mol. The van der Waals surface area contributed by atoms with E-state index in [1.54, 1.807) is 0 Å². The fourth-order valence-electron chi connectivity index (χ4n) is 3.67. The molecule has 1 aromatic heterocycles. The van der Waals surface area contributed by atoms with Gasteiger partial charge in [-0.05, 0) is 60.1 Å². The van der Waals surface area contributed by atoms with Crippen molar-refractivity contribution < 1.29 is 0 Å². The van der Waals surface area contributed by atoms with Crippen LogP contribution in [0, 0.1) is 5.92 Å². The van der Waals surface area contributed by atoms with Crippen LogP contribution in [-0.2, 0) is 5.41 Å². The molecule has 0 bridgehead atoms. The topological polar surface area (TPSA) is 12.9 Å². The van der Waals surface area contributed by atoms with Crippen LogP contribution in [0.15, 0.2) is 72.5 Å². The first-order valence-corrected chi connectivity index (χ1v) is 9.47. The first-order valence-electron chi connectivity index (χ1n) is 9.47. The summed E-state index contributed by atoms with van der Waals surface area (Å²) in [7, 11) is 0. The first-order chi connectivity index (χ1) is 12.4. The van der Waals surface area contributed by atoms with Crippen molar-refractivity contribution in [2.75, 3.05) is 0 Å². The summed E-state index contributed by atoms with van der Waals surface area (Å²) in [5.41, 5.74) is 7.83. The lowest BCUT2D eigenvalue weighted by molar-refractivity contribution is 0.592. The second kappa shape index (κ2) is 7.45. The number of nitrogens with zero attached hydrogens (tertiary/aromatic N) is 1. The Kier molecular flexibility index (Phi) is 5.27. The molecule has 26 heavy (non-hydrogen) atoms. The molecule has 1 unspecified atom stereocenters. The standard InChI is InChI=1S/C25H29N/c1-6-18(2)20-11-7-8-13-22(20)24-17-19(15-16-26-24)21-12-9-10-14-23(21)25(3,4)5/h6-10,12-17,20H,11H2,1-5H3. The zero-order valence-electron chi connectivity index (χ0n) is 16.6. The number of rotatable bonds is 3. The molecule has 1 aromatic carbocycles. The van der Waals surface area contributed by atoms with Gasteiger partial charge in [0.15, 0.2) is 0 Å². The maximum absolute atomic E-state index is 4.72. The fraction of sp³-hybridized carbons (Fsp3) is 0.320. The molecule has 3 rings (SSSR count). The molecule has 1 heteroatoms. The molecule has 1 aliphatic rings. The minimum atomic E-state index is 0.108. The smallest absolute Gasteiger partial charge is 0.0673 e. The normalized spacial score (nSPS) is 18.0.